The quantitative estimate of drug-likeness (QED) is 0.854. The maximum atomic E-state index is 13.1. The third-order valence-corrected chi connectivity index (χ3v) is 2.13. The number of alkyl halides is 3. The minimum Gasteiger partial charge on any atom is -0.404 e. The monoisotopic (exact) mass is 301 g/mol. The zero-order chi connectivity index (χ0) is 12.5. The Labute approximate surface area is 95.3 Å². The molecule has 0 radical (unpaired) electrons. The van der Waals surface area contributed by atoms with E-state index in [1.165, 1.54) is 0 Å². The van der Waals surface area contributed by atoms with E-state index in [0.717, 1.165) is 6.07 Å². The molecule has 0 aliphatic heterocycles. The average molecular weight is 302 g/mol. The summed E-state index contributed by atoms with van der Waals surface area (Å²) in [6, 6.07) is 1.25. The van der Waals surface area contributed by atoms with Crippen LogP contribution >= 0.6 is 15.9 Å². The van der Waals surface area contributed by atoms with Gasteiger partial charge in [0.1, 0.15) is 11.6 Å². The van der Waals surface area contributed by atoms with Gasteiger partial charge in [0.15, 0.2) is 0 Å². The summed E-state index contributed by atoms with van der Waals surface area (Å²) in [4.78, 5) is 10.7. The molecule has 0 heterocycles. The standard InChI is InChI=1S/C8H4BrF4NO2/c9-4-1-3(7(14)15)5(10)2-6(4)16-8(11,12)13/h1-2H,(H2,14,15). The van der Waals surface area contributed by atoms with Crippen molar-refractivity contribution in [2.75, 3.05) is 0 Å². The van der Waals surface area contributed by atoms with Crippen molar-refractivity contribution >= 4 is 21.8 Å². The molecule has 1 aromatic carbocycles. The number of halogens is 5. The van der Waals surface area contributed by atoms with Gasteiger partial charge in [0.25, 0.3) is 5.91 Å². The molecule has 0 bridgehead atoms. The first-order valence-electron chi connectivity index (χ1n) is 3.75. The topological polar surface area (TPSA) is 52.3 Å². The molecular weight excluding hydrogens is 298 g/mol. The summed E-state index contributed by atoms with van der Waals surface area (Å²) in [6.07, 6.45) is -4.94. The van der Waals surface area contributed by atoms with Crippen molar-refractivity contribution in [3.63, 3.8) is 0 Å². The molecule has 0 aliphatic carbocycles. The second kappa shape index (κ2) is 4.28. The second-order valence-corrected chi connectivity index (χ2v) is 3.53. The summed E-state index contributed by atoms with van der Waals surface area (Å²) in [6.45, 7) is 0. The van der Waals surface area contributed by atoms with E-state index in [0.29, 0.717) is 6.07 Å². The third kappa shape index (κ3) is 3.09. The Hall–Kier alpha value is -1.31. The maximum Gasteiger partial charge on any atom is 0.573 e. The predicted molar refractivity (Wildman–Crippen MR) is 49.3 cm³/mol. The first kappa shape index (κ1) is 12.8. The molecule has 1 amide bonds. The minimum atomic E-state index is -4.94. The van der Waals surface area contributed by atoms with Crippen LogP contribution < -0.4 is 10.5 Å². The van der Waals surface area contributed by atoms with Crippen LogP contribution in [0.3, 0.4) is 0 Å². The van der Waals surface area contributed by atoms with Crippen LogP contribution in [0.2, 0.25) is 0 Å². The Kier molecular flexibility index (Phi) is 3.41. The van der Waals surface area contributed by atoms with Gasteiger partial charge in [-0.05, 0) is 22.0 Å². The first-order valence-corrected chi connectivity index (χ1v) is 4.54. The van der Waals surface area contributed by atoms with Gasteiger partial charge in [0, 0.05) is 6.07 Å². The zero-order valence-electron chi connectivity index (χ0n) is 7.44. The molecule has 0 fully saturated rings. The van der Waals surface area contributed by atoms with Crippen LogP contribution in [0.1, 0.15) is 10.4 Å². The van der Waals surface area contributed by atoms with Gasteiger partial charge in [0.2, 0.25) is 0 Å². The number of primary amides is 1. The van der Waals surface area contributed by atoms with E-state index in [1.807, 2.05) is 0 Å². The Balaban J connectivity index is 3.16. The predicted octanol–water partition coefficient (Wildman–Crippen LogP) is 2.59. The normalized spacial score (nSPS) is 11.3. The molecule has 1 rings (SSSR count). The highest BCUT2D eigenvalue weighted by Gasteiger charge is 2.32. The van der Waals surface area contributed by atoms with E-state index in [4.69, 9.17) is 5.73 Å². The van der Waals surface area contributed by atoms with Crippen LogP contribution in [0.15, 0.2) is 16.6 Å². The lowest BCUT2D eigenvalue weighted by Crippen LogP contribution is -2.18. The number of benzene rings is 1. The van der Waals surface area contributed by atoms with Gasteiger partial charge in [-0.15, -0.1) is 13.2 Å². The zero-order valence-corrected chi connectivity index (χ0v) is 9.02. The van der Waals surface area contributed by atoms with E-state index in [9.17, 15) is 22.4 Å². The lowest BCUT2D eigenvalue weighted by atomic mass is 10.2. The molecule has 0 aliphatic rings. The van der Waals surface area contributed by atoms with E-state index < -0.39 is 29.4 Å². The number of carbonyl (C=O) groups is 1. The van der Waals surface area contributed by atoms with E-state index in [-0.39, 0.29) is 4.47 Å². The van der Waals surface area contributed by atoms with Crippen molar-refractivity contribution < 1.29 is 27.1 Å². The highest BCUT2D eigenvalue weighted by molar-refractivity contribution is 9.10. The van der Waals surface area contributed by atoms with Crippen LogP contribution in [0.25, 0.3) is 0 Å². The average Bonchev–Trinajstić information content (AvgIpc) is 2.07. The van der Waals surface area contributed by atoms with Crippen molar-refractivity contribution in [1.82, 2.24) is 0 Å². The lowest BCUT2D eigenvalue weighted by Gasteiger charge is -2.11. The Morgan fingerprint density at radius 2 is 1.94 bits per heavy atom. The number of rotatable bonds is 2. The van der Waals surface area contributed by atoms with Crippen LogP contribution in [0, 0.1) is 5.82 Å². The number of amides is 1. The molecule has 0 atom stereocenters. The lowest BCUT2D eigenvalue weighted by molar-refractivity contribution is -0.275. The molecule has 0 spiro atoms. The SMILES string of the molecule is NC(=O)c1cc(Br)c(OC(F)(F)F)cc1F. The molecule has 1 aromatic rings. The van der Waals surface area contributed by atoms with E-state index in [2.05, 4.69) is 20.7 Å². The molecule has 3 nitrogen and oxygen atoms in total. The van der Waals surface area contributed by atoms with Gasteiger partial charge in [-0.2, -0.15) is 0 Å². The number of hydrogen-bond acceptors (Lipinski definition) is 2. The highest BCUT2D eigenvalue weighted by atomic mass is 79.9. The van der Waals surface area contributed by atoms with E-state index in [1.54, 1.807) is 0 Å². The highest BCUT2D eigenvalue weighted by Crippen LogP contribution is 2.32. The second-order valence-electron chi connectivity index (χ2n) is 2.67. The van der Waals surface area contributed by atoms with Crippen LogP contribution in [-0.4, -0.2) is 12.3 Å². The largest absolute Gasteiger partial charge is 0.573 e. The number of nitrogens with two attached hydrogens (primary N) is 1. The smallest absolute Gasteiger partial charge is 0.404 e. The molecule has 16 heavy (non-hydrogen) atoms. The number of carbonyl (C=O) groups excluding carboxylic acids is 1. The molecule has 0 aromatic heterocycles. The Morgan fingerprint density at radius 1 is 1.38 bits per heavy atom. The molecule has 2 N–H and O–H groups in total. The third-order valence-electron chi connectivity index (χ3n) is 1.51. The van der Waals surface area contributed by atoms with Crippen molar-refractivity contribution in [2.45, 2.75) is 6.36 Å². The fourth-order valence-corrected chi connectivity index (χ4v) is 1.34. The fraction of sp³-hybridized carbons (Fsp3) is 0.125. The van der Waals surface area contributed by atoms with Gasteiger partial charge in [-0.25, -0.2) is 4.39 Å². The molecule has 0 saturated carbocycles. The molecule has 88 valence electrons. The molecule has 0 unspecified atom stereocenters. The fourth-order valence-electron chi connectivity index (χ4n) is 0.920. The molecule has 8 heteroatoms. The Bertz CT molecular complexity index is 433. The summed E-state index contributed by atoms with van der Waals surface area (Å²) in [5, 5.41) is 0. The summed E-state index contributed by atoms with van der Waals surface area (Å²) < 4.78 is 51.9. The van der Waals surface area contributed by atoms with Crippen LogP contribution in [0.4, 0.5) is 17.6 Å². The summed E-state index contributed by atoms with van der Waals surface area (Å²) in [5.74, 6) is -3.05. The molecule has 0 saturated heterocycles. The van der Waals surface area contributed by atoms with Gasteiger partial charge >= 0.3 is 6.36 Å². The van der Waals surface area contributed by atoms with E-state index >= 15 is 0 Å². The number of ether oxygens (including phenoxy) is 1. The van der Waals surface area contributed by atoms with Crippen molar-refractivity contribution in [3.8, 4) is 5.75 Å². The first-order chi connectivity index (χ1) is 7.20. The maximum absolute atomic E-state index is 13.1. The van der Waals surface area contributed by atoms with Crippen LogP contribution in [-0.2, 0) is 0 Å². The van der Waals surface area contributed by atoms with Gasteiger partial charge in [0.05, 0.1) is 10.0 Å². The Morgan fingerprint density at radius 3 is 2.38 bits per heavy atom. The minimum absolute atomic E-state index is 0.222. The van der Waals surface area contributed by atoms with Crippen LogP contribution in [0.5, 0.6) is 5.75 Å². The molecular formula is C8H4BrF4NO2. The number of hydrogen-bond donors (Lipinski definition) is 1. The summed E-state index contributed by atoms with van der Waals surface area (Å²) in [7, 11) is 0. The van der Waals surface area contributed by atoms with Gasteiger partial charge in [-0.1, -0.05) is 0 Å². The van der Waals surface area contributed by atoms with Gasteiger partial charge in [-0.3, -0.25) is 4.79 Å². The summed E-state index contributed by atoms with van der Waals surface area (Å²) >= 11 is 2.70. The summed E-state index contributed by atoms with van der Waals surface area (Å²) in [5.41, 5.74) is 4.27. The van der Waals surface area contributed by atoms with Crippen molar-refractivity contribution in [3.05, 3.63) is 28.0 Å². The van der Waals surface area contributed by atoms with Gasteiger partial charge < -0.3 is 10.5 Å². The van der Waals surface area contributed by atoms with Crippen molar-refractivity contribution in [1.29, 1.82) is 0 Å². The van der Waals surface area contributed by atoms with Crippen molar-refractivity contribution in [2.24, 2.45) is 5.73 Å².